The lowest BCUT2D eigenvalue weighted by Gasteiger charge is -2.23. The van der Waals surface area contributed by atoms with Gasteiger partial charge in [-0.15, -0.1) is 10.2 Å². The van der Waals surface area contributed by atoms with Crippen molar-refractivity contribution in [1.82, 2.24) is 20.1 Å². The van der Waals surface area contributed by atoms with Crippen LogP contribution in [0, 0.1) is 12.8 Å². The topological polar surface area (TPSA) is 73.0 Å². The molecule has 3 aromatic rings. The highest BCUT2D eigenvalue weighted by Crippen LogP contribution is 2.26. The van der Waals surface area contributed by atoms with Gasteiger partial charge >= 0.3 is 0 Å². The van der Waals surface area contributed by atoms with Gasteiger partial charge in [-0.3, -0.25) is 4.79 Å². The highest BCUT2D eigenvalue weighted by atomic mass is 32.2. The first-order valence-corrected chi connectivity index (χ1v) is 10.8. The number of nitrogens with zero attached hydrogens (tertiary/aromatic N) is 3. The molecule has 3 rings (SSSR count). The van der Waals surface area contributed by atoms with Crippen LogP contribution < -0.4 is 5.32 Å². The van der Waals surface area contributed by atoms with E-state index in [0.29, 0.717) is 11.1 Å². The van der Waals surface area contributed by atoms with Gasteiger partial charge in [-0.05, 0) is 36.5 Å². The Morgan fingerprint density at radius 2 is 1.93 bits per heavy atom. The zero-order valence-electron chi connectivity index (χ0n) is 17.6. The molecule has 6 nitrogen and oxygen atoms in total. The number of hydrogen-bond donors (Lipinski definition) is 1. The van der Waals surface area contributed by atoms with E-state index < -0.39 is 0 Å². The smallest absolute Gasteiger partial charge is 0.230 e. The number of carbonyl (C=O) groups is 1. The van der Waals surface area contributed by atoms with Crippen LogP contribution >= 0.6 is 11.8 Å². The number of furan rings is 1. The van der Waals surface area contributed by atoms with Crippen LogP contribution in [0.4, 0.5) is 0 Å². The zero-order chi connectivity index (χ0) is 21.0. The molecule has 1 aromatic carbocycles. The summed E-state index contributed by atoms with van der Waals surface area (Å²) < 4.78 is 7.24. The third-order valence-corrected chi connectivity index (χ3v) is 6.02. The third-order valence-electron chi connectivity index (χ3n) is 5.00. The van der Waals surface area contributed by atoms with E-state index in [2.05, 4.69) is 60.6 Å². The molecule has 1 atom stereocenters. The average Bonchev–Trinajstić information content (AvgIpc) is 3.29. The molecule has 0 bridgehead atoms. The van der Waals surface area contributed by atoms with Crippen molar-refractivity contribution in [1.29, 1.82) is 0 Å². The fourth-order valence-electron chi connectivity index (χ4n) is 3.23. The monoisotopic (exact) mass is 412 g/mol. The van der Waals surface area contributed by atoms with Crippen molar-refractivity contribution in [3.05, 3.63) is 53.5 Å². The molecule has 29 heavy (non-hydrogen) atoms. The maximum atomic E-state index is 12.6. The largest absolute Gasteiger partial charge is 0.469 e. The fraction of sp³-hybridized carbons (Fsp3) is 0.409. The van der Waals surface area contributed by atoms with Gasteiger partial charge in [-0.2, -0.15) is 0 Å². The summed E-state index contributed by atoms with van der Waals surface area (Å²) in [6, 6.07) is 10.3. The number of hydrogen-bond acceptors (Lipinski definition) is 5. The molecule has 0 saturated carbocycles. The van der Waals surface area contributed by atoms with Gasteiger partial charge in [0.15, 0.2) is 11.0 Å². The number of amides is 1. The van der Waals surface area contributed by atoms with Gasteiger partial charge in [0.25, 0.3) is 0 Å². The highest BCUT2D eigenvalue weighted by Gasteiger charge is 2.20. The molecule has 154 valence electrons. The highest BCUT2D eigenvalue weighted by molar-refractivity contribution is 7.99. The van der Waals surface area contributed by atoms with Crippen molar-refractivity contribution in [2.75, 3.05) is 5.75 Å². The van der Waals surface area contributed by atoms with Crippen LogP contribution in [0.5, 0.6) is 0 Å². The van der Waals surface area contributed by atoms with Crippen molar-refractivity contribution >= 4 is 17.7 Å². The summed E-state index contributed by atoms with van der Waals surface area (Å²) in [6.07, 6.45) is 2.65. The molecule has 0 saturated heterocycles. The van der Waals surface area contributed by atoms with E-state index in [-0.39, 0.29) is 17.7 Å². The number of nitrogens with one attached hydrogen (secondary N) is 1. The summed E-state index contributed by atoms with van der Waals surface area (Å²) in [4.78, 5) is 12.6. The Balaban J connectivity index is 1.64. The molecule has 0 spiro atoms. The van der Waals surface area contributed by atoms with Crippen LogP contribution in [0.1, 0.15) is 43.7 Å². The van der Waals surface area contributed by atoms with Crippen LogP contribution in [0.3, 0.4) is 0 Å². The van der Waals surface area contributed by atoms with Gasteiger partial charge in [0.2, 0.25) is 5.91 Å². The van der Waals surface area contributed by atoms with Crippen LogP contribution in [-0.2, 0) is 18.3 Å². The molecule has 7 heteroatoms. The Morgan fingerprint density at radius 3 is 2.52 bits per heavy atom. The Hall–Kier alpha value is -2.54. The van der Waals surface area contributed by atoms with E-state index >= 15 is 0 Å². The fourth-order valence-corrected chi connectivity index (χ4v) is 3.96. The zero-order valence-corrected chi connectivity index (χ0v) is 18.4. The number of benzene rings is 1. The second-order valence-corrected chi connectivity index (χ2v) is 8.37. The number of rotatable bonds is 8. The van der Waals surface area contributed by atoms with Crippen molar-refractivity contribution in [2.24, 2.45) is 13.0 Å². The summed E-state index contributed by atoms with van der Waals surface area (Å²) in [5.41, 5.74) is 3.34. The van der Waals surface area contributed by atoms with Crippen LogP contribution in [0.15, 0.2) is 46.2 Å². The van der Waals surface area contributed by atoms with Gasteiger partial charge in [-0.1, -0.05) is 56.8 Å². The van der Waals surface area contributed by atoms with Gasteiger partial charge in [0.05, 0.1) is 23.6 Å². The molecule has 0 aliphatic carbocycles. The Morgan fingerprint density at radius 1 is 1.21 bits per heavy atom. The van der Waals surface area contributed by atoms with E-state index in [1.807, 2.05) is 24.6 Å². The third kappa shape index (κ3) is 4.90. The number of aryl methyl sites for hydroxylation is 2. The molecule has 1 amide bonds. The first kappa shape index (κ1) is 21.2. The van der Waals surface area contributed by atoms with Gasteiger partial charge in [-0.25, -0.2) is 0 Å². The Labute approximate surface area is 176 Å². The summed E-state index contributed by atoms with van der Waals surface area (Å²) >= 11 is 1.38. The molecule has 0 aliphatic heterocycles. The number of thioether (sulfide) groups is 1. The van der Waals surface area contributed by atoms with Crippen molar-refractivity contribution in [2.45, 2.75) is 45.3 Å². The van der Waals surface area contributed by atoms with Crippen LogP contribution in [0.2, 0.25) is 0 Å². The number of aromatic nitrogens is 3. The molecule has 2 heterocycles. The van der Waals surface area contributed by atoms with E-state index in [1.54, 1.807) is 6.26 Å². The second kappa shape index (κ2) is 9.31. The molecular weight excluding hydrogens is 384 g/mol. The quantitative estimate of drug-likeness (QED) is 0.550. The maximum absolute atomic E-state index is 12.6. The molecular formula is C22H28N4O2S. The Kier molecular flexibility index (Phi) is 6.79. The van der Waals surface area contributed by atoms with E-state index in [9.17, 15) is 4.79 Å². The van der Waals surface area contributed by atoms with Crippen molar-refractivity contribution in [3.8, 4) is 11.4 Å². The van der Waals surface area contributed by atoms with E-state index in [1.165, 1.54) is 17.3 Å². The maximum Gasteiger partial charge on any atom is 0.230 e. The SMILES string of the molecule is CCc1ccc([C@@H](NC(=O)CSc2nnc(-c3ccoc3C)n2C)C(C)C)cc1. The van der Waals surface area contributed by atoms with Gasteiger partial charge in [0, 0.05) is 7.05 Å². The number of carbonyl (C=O) groups excluding carboxylic acids is 1. The first-order chi connectivity index (χ1) is 13.9. The molecule has 0 aliphatic rings. The minimum absolute atomic E-state index is 0.0161. The molecule has 0 unspecified atom stereocenters. The van der Waals surface area contributed by atoms with Crippen LogP contribution in [0.25, 0.3) is 11.4 Å². The van der Waals surface area contributed by atoms with E-state index in [0.717, 1.165) is 29.1 Å². The summed E-state index contributed by atoms with van der Waals surface area (Å²) in [7, 11) is 1.90. The van der Waals surface area contributed by atoms with Crippen molar-refractivity contribution < 1.29 is 9.21 Å². The average molecular weight is 413 g/mol. The standard InChI is InChI=1S/C22H28N4O2S/c1-6-16-7-9-17(10-8-16)20(14(2)3)23-19(27)13-29-22-25-24-21(26(22)5)18-11-12-28-15(18)4/h7-12,14,20H,6,13H2,1-5H3,(H,23,27)/t20-/m0/s1. The minimum Gasteiger partial charge on any atom is -0.469 e. The van der Waals surface area contributed by atoms with Crippen LogP contribution in [-0.4, -0.2) is 26.4 Å². The molecule has 0 fully saturated rings. The molecule has 1 N–H and O–H groups in total. The predicted octanol–water partition coefficient (Wildman–Crippen LogP) is 4.55. The normalized spacial score (nSPS) is 12.3. The minimum atomic E-state index is -0.0164. The van der Waals surface area contributed by atoms with E-state index in [4.69, 9.17) is 4.42 Å². The summed E-state index contributed by atoms with van der Waals surface area (Å²) in [6.45, 7) is 8.27. The lowest BCUT2D eigenvalue weighted by atomic mass is 9.95. The molecule has 0 radical (unpaired) electrons. The summed E-state index contributed by atoms with van der Waals surface area (Å²) in [5, 5.41) is 12.4. The molecule has 2 aromatic heterocycles. The first-order valence-electron chi connectivity index (χ1n) is 9.85. The van der Waals surface area contributed by atoms with Gasteiger partial charge < -0.3 is 14.3 Å². The Bertz CT molecular complexity index is 960. The summed E-state index contributed by atoms with van der Waals surface area (Å²) in [5.74, 6) is 2.09. The lowest BCUT2D eigenvalue weighted by Crippen LogP contribution is -2.33. The van der Waals surface area contributed by atoms with Crippen molar-refractivity contribution in [3.63, 3.8) is 0 Å². The second-order valence-electron chi connectivity index (χ2n) is 7.43. The lowest BCUT2D eigenvalue weighted by molar-refractivity contribution is -0.119. The van der Waals surface area contributed by atoms with Gasteiger partial charge in [0.1, 0.15) is 5.76 Å². The predicted molar refractivity (Wildman–Crippen MR) is 116 cm³/mol.